The molecule has 3 N–H and O–H groups in total. The van der Waals surface area contributed by atoms with Crippen molar-refractivity contribution in [3.05, 3.63) is 0 Å². The van der Waals surface area contributed by atoms with Gasteiger partial charge in [-0.25, -0.2) is 0 Å². The third kappa shape index (κ3) is 9.87. The monoisotopic (exact) mass is 671 g/mol. The SMILES string of the molecule is CO[C@]1(C)C[C@H](OC2[C@@H](C)C(=O)NCCCC(=O)N(C)C[C@H](C)C[C@@](C)(O)[C@H](O[C@@H]3O[C@H](C)C[C@H](N(C)C)[C@H]3C)[C@H]2C)O[C@@H](C)[C@@H]1O. The second-order valence-corrected chi connectivity index (χ2v) is 15.5. The molecule has 3 rings (SSSR count). The normalized spacial score (nSPS) is 45.3. The summed E-state index contributed by atoms with van der Waals surface area (Å²) in [6.07, 6.45) is -2.24. The zero-order chi connectivity index (χ0) is 35.4. The van der Waals surface area contributed by atoms with Crippen LogP contribution in [0.15, 0.2) is 0 Å². The molecule has 3 saturated heterocycles. The van der Waals surface area contributed by atoms with Crippen LogP contribution >= 0.6 is 0 Å². The van der Waals surface area contributed by atoms with Gasteiger partial charge in [-0.1, -0.05) is 27.7 Å². The number of hydrogen-bond acceptors (Lipinski definition) is 10. The molecule has 0 aromatic heterocycles. The smallest absolute Gasteiger partial charge is 0.225 e. The molecular weight excluding hydrogens is 606 g/mol. The molecule has 12 heteroatoms. The average molecular weight is 672 g/mol. The van der Waals surface area contributed by atoms with E-state index < -0.39 is 60.0 Å². The van der Waals surface area contributed by atoms with E-state index in [1.165, 1.54) is 0 Å². The lowest BCUT2D eigenvalue weighted by Crippen LogP contribution is -2.59. The first kappa shape index (κ1) is 40.1. The highest BCUT2D eigenvalue weighted by molar-refractivity contribution is 5.79. The second kappa shape index (κ2) is 16.6. The molecule has 2 amide bonds. The maximum Gasteiger partial charge on any atom is 0.225 e. The van der Waals surface area contributed by atoms with Crippen LogP contribution in [-0.4, -0.2) is 134 Å². The first-order valence-electron chi connectivity index (χ1n) is 17.6. The number of carbonyl (C=O) groups excluding carboxylic acids is 2. The molecule has 47 heavy (non-hydrogen) atoms. The third-order valence-electron chi connectivity index (χ3n) is 10.9. The van der Waals surface area contributed by atoms with Crippen LogP contribution in [0.2, 0.25) is 0 Å². The minimum atomic E-state index is -1.39. The van der Waals surface area contributed by atoms with E-state index in [9.17, 15) is 19.8 Å². The number of hydrogen-bond donors (Lipinski definition) is 3. The molecule has 0 bridgehead atoms. The number of methoxy groups -OCH3 is 1. The number of aliphatic hydroxyl groups is 2. The van der Waals surface area contributed by atoms with Crippen molar-refractivity contribution >= 4 is 11.8 Å². The van der Waals surface area contributed by atoms with E-state index in [1.54, 1.807) is 32.9 Å². The first-order valence-corrected chi connectivity index (χ1v) is 17.6. The van der Waals surface area contributed by atoms with Crippen molar-refractivity contribution in [3.8, 4) is 0 Å². The number of nitrogens with zero attached hydrogens (tertiary/aromatic N) is 2. The van der Waals surface area contributed by atoms with E-state index in [2.05, 4.69) is 31.2 Å². The van der Waals surface area contributed by atoms with Crippen molar-refractivity contribution in [2.24, 2.45) is 23.7 Å². The number of rotatable bonds is 6. The van der Waals surface area contributed by atoms with Crippen LogP contribution in [0.3, 0.4) is 0 Å². The summed E-state index contributed by atoms with van der Waals surface area (Å²) in [5, 5.41) is 26.2. The Balaban J connectivity index is 2.06. The van der Waals surface area contributed by atoms with Gasteiger partial charge in [0.1, 0.15) is 6.10 Å². The van der Waals surface area contributed by atoms with E-state index in [0.717, 1.165) is 6.42 Å². The fourth-order valence-electron chi connectivity index (χ4n) is 8.01. The fraction of sp³-hybridized carbons (Fsp3) is 0.943. The lowest BCUT2D eigenvalue weighted by atomic mass is 9.77. The molecule has 3 fully saturated rings. The van der Waals surface area contributed by atoms with Gasteiger partial charge in [0.25, 0.3) is 0 Å². The van der Waals surface area contributed by atoms with Gasteiger partial charge in [-0.05, 0) is 67.0 Å². The minimum absolute atomic E-state index is 0.00358. The molecule has 0 spiro atoms. The Morgan fingerprint density at radius 1 is 1.00 bits per heavy atom. The summed E-state index contributed by atoms with van der Waals surface area (Å²) in [6, 6.07) is 0.205. The van der Waals surface area contributed by atoms with Gasteiger partial charge in [0, 0.05) is 58.0 Å². The Bertz CT molecular complexity index is 1030. The van der Waals surface area contributed by atoms with E-state index >= 15 is 0 Å². The molecule has 0 aromatic carbocycles. The molecule has 274 valence electrons. The van der Waals surface area contributed by atoms with Crippen molar-refractivity contribution in [3.63, 3.8) is 0 Å². The fourth-order valence-corrected chi connectivity index (χ4v) is 8.01. The summed E-state index contributed by atoms with van der Waals surface area (Å²) in [5.41, 5.74) is -2.31. The molecule has 0 saturated carbocycles. The predicted octanol–water partition coefficient (Wildman–Crippen LogP) is 2.78. The topological polar surface area (TPSA) is 139 Å². The van der Waals surface area contributed by atoms with Crippen LogP contribution in [0, 0.1) is 23.7 Å². The third-order valence-corrected chi connectivity index (χ3v) is 10.9. The van der Waals surface area contributed by atoms with Crippen molar-refractivity contribution in [2.75, 3.05) is 41.3 Å². The highest BCUT2D eigenvalue weighted by Crippen LogP contribution is 2.40. The second-order valence-electron chi connectivity index (χ2n) is 15.5. The number of carbonyl (C=O) groups is 2. The summed E-state index contributed by atoms with van der Waals surface area (Å²) >= 11 is 0. The van der Waals surface area contributed by atoms with Gasteiger partial charge < -0.3 is 49.0 Å². The van der Waals surface area contributed by atoms with Gasteiger partial charge in [0.05, 0.1) is 41.5 Å². The predicted molar refractivity (Wildman–Crippen MR) is 178 cm³/mol. The zero-order valence-electron chi connectivity index (χ0n) is 31.0. The maximum atomic E-state index is 13.7. The summed E-state index contributed by atoms with van der Waals surface area (Å²) in [4.78, 5) is 30.5. The van der Waals surface area contributed by atoms with Crippen molar-refractivity contribution < 1.29 is 43.5 Å². The Morgan fingerprint density at radius 2 is 1.66 bits per heavy atom. The van der Waals surface area contributed by atoms with Gasteiger partial charge in [-0.3, -0.25) is 9.59 Å². The van der Waals surface area contributed by atoms with Gasteiger partial charge in [-0.2, -0.15) is 0 Å². The lowest BCUT2D eigenvalue weighted by Gasteiger charge is -2.49. The summed E-state index contributed by atoms with van der Waals surface area (Å²) in [5.74, 6) is -1.49. The zero-order valence-corrected chi connectivity index (χ0v) is 31.0. The minimum Gasteiger partial charge on any atom is -0.387 e. The number of nitrogens with one attached hydrogen (secondary N) is 1. The molecule has 12 nitrogen and oxygen atoms in total. The molecule has 3 heterocycles. The standard InChI is InChI=1S/C35H65N3O9/c1-20-17-34(7,42)31(47-33-22(3)26(37(9)10)16-21(2)44-33)23(4)29(46-28-18-35(8,43-12)30(40)25(6)45-28)24(5)32(41)36-15-13-14-27(39)38(11)19-20/h20-26,28-31,33,40,42H,13-19H2,1-12H3,(H,36,41)/t20-,21-,22-,23+,24-,25+,26+,28+,29?,30+,31-,33+,34-,35-/m1/s1. The van der Waals surface area contributed by atoms with Crippen molar-refractivity contribution in [1.82, 2.24) is 15.1 Å². The van der Waals surface area contributed by atoms with Gasteiger partial charge >= 0.3 is 0 Å². The summed E-state index contributed by atoms with van der Waals surface area (Å²) < 4.78 is 31.9. The molecular formula is C35H65N3O9. The highest BCUT2D eigenvalue weighted by Gasteiger charge is 2.50. The highest BCUT2D eigenvalue weighted by atomic mass is 16.7. The average Bonchev–Trinajstić information content (AvgIpc) is 2.98. The van der Waals surface area contributed by atoms with E-state index in [4.69, 9.17) is 23.7 Å². The molecule has 3 aliphatic heterocycles. The molecule has 0 aliphatic carbocycles. The van der Waals surface area contributed by atoms with Crippen LogP contribution < -0.4 is 5.32 Å². The van der Waals surface area contributed by atoms with Crippen molar-refractivity contribution in [2.45, 2.75) is 148 Å². The van der Waals surface area contributed by atoms with Crippen LogP contribution in [0.4, 0.5) is 0 Å². The summed E-state index contributed by atoms with van der Waals surface area (Å²) in [7, 11) is 7.44. The Hall–Kier alpha value is -1.38. The number of aliphatic hydroxyl groups excluding tert-OH is 1. The van der Waals surface area contributed by atoms with E-state index in [0.29, 0.717) is 32.4 Å². The van der Waals surface area contributed by atoms with Crippen LogP contribution in [-0.2, 0) is 33.3 Å². The molecule has 0 aromatic rings. The van der Waals surface area contributed by atoms with Gasteiger partial charge in [0.2, 0.25) is 11.8 Å². The van der Waals surface area contributed by atoms with Gasteiger partial charge in [0.15, 0.2) is 12.6 Å². The molecule has 1 unspecified atom stereocenters. The molecule has 14 atom stereocenters. The first-order chi connectivity index (χ1) is 21.8. The quantitative estimate of drug-likeness (QED) is 0.387. The van der Waals surface area contributed by atoms with Crippen LogP contribution in [0.25, 0.3) is 0 Å². The number of amides is 2. The van der Waals surface area contributed by atoms with Crippen LogP contribution in [0.1, 0.15) is 87.5 Å². The number of ether oxygens (including phenoxy) is 5. The van der Waals surface area contributed by atoms with Crippen LogP contribution in [0.5, 0.6) is 0 Å². The Kier molecular flexibility index (Phi) is 14.1. The molecule has 3 aliphatic rings. The molecule has 0 radical (unpaired) electrons. The lowest BCUT2D eigenvalue weighted by molar-refractivity contribution is -0.312. The van der Waals surface area contributed by atoms with E-state index in [1.807, 2.05) is 34.6 Å². The van der Waals surface area contributed by atoms with Gasteiger partial charge in [-0.15, -0.1) is 0 Å². The van der Waals surface area contributed by atoms with E-state index in [-0.39, 0.29) is 42.2 Å². The Morgan fingerprint density at radius 3 is 2.28 bits per heavy atom. The largest absolute Gasteiger partial charge is 0.387 e. The summed E-state index contributed by atoms with van der Waals surface area (Å²) in [6.45, 7) is 16.1. The maximum absolute atomic E-state index is 13.7. The van der Waals surface area contributed by atoms with Crippen molar-refractivity contribution in [1.29, 1.82) is 0 Å². The Labute approximate surface area is 283 Å².